The van der Waals surface area contributed by atoms with Crippen molar-refractivity contribution in [3.63, 3.8) is 0 Å². The predicted octanol–water partition coefficient (Wildman–Crippen LogP) is 2.04. The molecule has 0 bridgehead atoms. The summed E-state index contributed by atoms with van der Waals surface area (Å²) in [6.45, 7) is 4.61. The van der Waals surface area contributed by atoms with Crippen LogP contribution in [-0.4, -0.2) is 39.9 Å². The molecule has 1 fully saturated rings. The first-order valence-electron chi connectivity index (χ1n) is 8.06. The van der Waals surface area contributed by atoms with E-state index in [0.717, 1.165) is 0 Å². The highest BCUT2D eigenvalue weighted by Gasteiger charge is 2.34. The number of nitrogens with one attached hydrogen (secondary N) is 1. The van der Waals surface area contributed by atoms with Gasteiger partial charge in [-0.25, -0.2) is 4.98 Å². The maximum Gasteiger partial charge on any atom is 0.259 e. The zero-order valence-corrected chi connectivity index (χ0v) is 13.8. The second-order valence-corrected chi connectivity index (χ2v) is 5.86. The summed E-state index contributed by atoms with van der Waals surface area (Å²) in [5.41, 5.74) is 1.20. The van der Waals surface area contributed by atoms with Crippen LogP contribution in [0.3, 0.4) is 0 Å². The summed E-state index contributed by atoms with van der Waals surface area (Å²) in [7, 11) is 0. The molecule has 1 N–H and O–H groups in total. The summed E-state index contributed by atoms with van der Waals surface area (Å²) in [4.78, 5) is 30.8. The number of anilines is 1. The second kappa shape index (κ2) is 6.82. The van der Waals surface area contributed by atoms with Crippen molar-refractivity contribution in [3.8, 4) is 0 Å². The molecule has 1 aliphatic heterocycles. The monoisotopic (exact) mass is 328 g/mol. The molecule has 2 aromatic heterocycles. The van der Waals surface area contributed by atoms with E-state index in [1.165, 1.54) is 0 Å². The van der Waals surface area contributed by atoms with Crippen molar-refractivity contribution in [1.82, 2.24) is 15.0 Å². The normalized spacial score (nSPS) is 17.1. The van der Waals surface area contributed by atoms with Crippen LogP contribution in [0.25, 0.3) is 0 Å². The van der Waals surface area contributed by atoms with Crippen LogP contribution in [0.15, 0.2) is 28.9 Å². The zero-order valence-electron chi connectivity index (χ0n) is 13.8. The fourth-order valence-electron chi connectivity index (χ4n) is 2.92. The minimum absolute atomic E-state index is 0.109. The van der Waals surface area contributed by atoms with Crippen molar-refractivity contribution in [1.29, 1.82) is 0 Å². The standard InChI is InChI=1S/C17H20N4O3/c1-3-13-15(11(2)24-20-13)17(23)21-9-7-12(10-21)16(22)19-14-6-4-5-8-18-14/h4-6,8,12H,3,7,9-10H2,1-2H3,(H,18,19,22). The predicted molar refractivity (Wildman–Crippen MR) is 87.5 cm³/mol. The molecule has 24 heavy (non-hydrogen) atoms. The lowest BCUT2D eigenvalue weighted by atomic mass is 10.1. The second-order valence-electron chi connectivity index (χ2n) is 5.86. The van der Waals surface area contributed by atoms with Crippen molar-refractivity contribution in [2.75, 3.05) is 18.4 Å². The molecule has 1 atom stereocenters. The van der Waals surface area contributed by atoms with Gasteiger partial charge in [-0.15, -0.1) is 0 Å². The van der Waals surface area contributed by atoms with E-state index < -0.39 is 0 Å². The highest BCUT2D eigenvalue weighted by molar-refractivity contribution is 5.98. The minimum Gasteiger partial charge on any atom is -0.361 e. The summed E-state index contributed by atoms with van der Waals surface area (Å²) < 4.78 is 5.14. The van der Waals surface area contributed by atoms with Gasteiger partial charge in [-0.2, -0.15) is 0 Å². The van der Waals surface area contributed by atoms with Gasteiger partial charge in [0, 0.05) is 19.3 Å². The van der Waals surface area contributed by atoms with E-state index >= 15 is 0 Å². The molecule has 3 rings (SSSR count). The molecule has 1 unspecified atom stereocenters. The maximum atomic E-state index is 12.7. The molecule has 0 radical (unpaired) electrons. The van der Waals surface area contributed by atoms with E-state index in [0.29, 0.717) is 48.8 Å². The van der Waals surface area contributed by atoms with E-state index in [4.69, 9.17) is 4.52 Å². The number of carbonyl (C=O) groups excluding carboxylic acids is 2. The third-order valence-corrected chi connectivity index (χ3v) is 4.24. The highest BCUT2D eigenvalue weighted by atomic mass is 16.5. The molecule has 2 aromatic rings. The number of pyridine rings is 1. The van der Waals surface area contributed by atoms with Crippen LogP contribution in [0.2, 0.25) is 0 Å². The van der Waals surface area contributed by atoms with E-state index in [9.17, 15) is 9.59 Å². The number of likely N-dealkylation sites (tertiary alicyclic amines) is 1. The Morgan fingerprint density at radius 3 is 2.96 bits per heavy atom. The molecule has 0 spiro atoms. The molecule has 1 saturated heterocycles. The Morgan fingerprint density at radius 1 is 1.42 bits per heavy atom. The Balaban J connectivity index is 1.65. The first-order valence-corrected chi connectivity index (χ1v) is 8.06. The van der Waals surface area contributed by atoms with Gasteiger partial charge in [-0.05, 0) is 31.9 Å². The number of aryl methyl sites for hydroxylation is 2. The molecule has 126 valence electrons. The quantitative estimate of drug-likeness (QED) is 0.928. The van der Waals surface area contributed by atoms with Crippen LogP contribution < -0.4 is 5.32 Å². The molecule has 0 aromatic carbocycles. The summed E-state index contributed by atoms with van der Waals surface area (Å²) in [6.07, 6.45) is 2.90. The molecule has 1 aliphatic rings. The molecule has 0 saturated carbocycles. The van der Waals surface area contributed by atoms with Gasteiger partial charge >= 0.3 is 0 Å². The highest BCUT2D eigenvalue weighted by Crippen LogP contribution is 2.23. The largest absolute Gasteiger partial charge is 0.361 e. The number of nitrogens with zero attached hydrogens (tertiary/aromatic N) is 3. The fraction of sp³-hybridized carbons (Fsp3) is 0.412. The summed E-state index contributed by atoms with van der Waals surface area (Å²) in [5, 5.41) is 6.72. The fourth-order valence-corrected chi connectivity index (χ4v) is 2.92. The summed E-state index contributed by atoms with van der Waals surface area (Å²) in [6, 6.07) is 5.34. The number of hydrogen-bond acceptors (Lipinski definition) is 5. The van der Waals surface area contributed by atoms with Crippen LogP contribution in [0, 0.1) is 12.8 Å². The number of hydrogen-bond donors (Lipinski definition) is 1. The van der Waals surface area contributed by atoms with Crippen LogP contribution >= 0.6 is 0 Å². The lowest BCUT2D eigenvalue weighted by molar-refractivity contribution is -0.119. The van der Waals surface area contributed by atoms with Crippen molar-refractivity contribution in [3.05, 3.63) is 41.4 Å². The lowest BCUT2D eigenvalue weighted by Crippen LogP contribution is -2.32. The van der Waals surface area contributed by atoms with Gasteiger partial charge in [0.05, 0.1) is 11.6 Å². The van der Waals surface area contributed by atoms with Crippen LogP contribution in [0.4, 0.5) is 5.82 Å². The first kappa shape index (κ1) is 16.2. The number of rotatable bonds is 4. The smallest absolute Gasteiger partial charge is 0.259 e. The molecule has 7 nitrogen and oxygen atoms in total. The number of carbonyl (C=O) groups is 2. The SMILES string of the molecule is CCc1noc(C)c1C(=O)N1CCC(C(=O)Nc2ccccn2)C1. The van der Waals surface area contributed by atoms with E-state index in [-0.39, 0.29) is 17.7 Å². The molecule has 3 heterocycles. The Labute approximate surface area is 140 Å². The average Bonchev–Trinajstić information content (AvgIpc) is 3.22. The third-order valence-electron chi connectivity index (χ3n) is 4.24. The minimum atomic E-state index is -0.235. The first-order chi connectivity index (χ1) is 11.6. The Morgan fingerprint density at radius 2 is 2.25 bits per heavy atom. The Hall–Kier alpha value is -2.70. The lowest BCUT2D eigenvalue weighted by Gasteiger charge is -2.16. The van der Waals surface area contributed by atoms with Gasteiger partial charge in [0.15, 0.2) is 0 Å². The molecule has 7 heteroatoms. The van der Waals surface area contributed by atoms with Crippen molar-refractivity contribution >= 4 is 17.6 Å². The topological polar surface area (TPSA) is 88.3 Å². The molecular formula is C17H20N4O3. The number of aromatic nitrogens is 2. The van der Waals surface area contributed by atoms with Gasteiger partial charge in [0.1, 0.15) is 17.1 Å². The van der Waals surface area contributed by atoms with E-state index in [1.54, 1.807) is 30.2 Å². The van der Waals surface area contributed by atoms with Crippen molar-refractivity contribution in [2.45, 2.75) is 26.7 Å². The van der Waals surface area contributed by atoms with Gasteiger partial charge in [0.25, 0.3) is 5.91 Å². The van der Waals surface area contributed by atoms with Gasteiger partial charge in [-0.3, -0.25) is 9.59 Å². The van der Waals surface area contributed by atoms with E-state index in [1.807, 2.05) is 13.0 Å². The van der Waals surface area contributed by atoms with Gasteiger partial charge in [0.2, 0.25) is 5.91 Å². The molecule has 2 amide bonds. The van der Waals surface area contributed by atoms with Gasteiger partial charge < -0.3 is 14.7 Å². The average molecular weight is 328 g/mol. The number of amides is 2. The van der Waals surface area contributed by atoms with E-state index in [2.05, 4.69) is 15.5 Å². The zero-order chi connectivity index (χ0) is 17.1. The van der Waals surface area contributed by atoms with Crippen LogP contribution in [0.1, 0.15) is 35.2 Å². The van der Waals surface area contributed by atoms with Gasteiger partial charge in [-0.1, -0.05) is 18.1 Å². The maximum absolute atomic E-state index is 12.7. The van der Waals surface area contributed by atoms with Crippen molar-refractivity contribution < 1.29 is 14.1 Å². The van der Waals surface area contributed by atoms with Crippen LogP contribution in [-0.2, 0) is 11.2 Å². The van der Waals surface area contributed by atoms with Crippen molar-refractivity contribution in [2.24, 2.45) is 5.92 Å². The summed E-state index contributed by atoms with van der Waals surface area (Å²) in [5.74, 6) is 0.593. The van der Waals surface area contributed by atoms with Crippen LogP contribution in [0.5, 0.6) is 0 Å². The summed E-state index contributed by atoms with van der Waals surface area (Å²) >= 11 is 0. The third kappa shape index (κ3) is 3.15. The molecule has 0 aliphatic carbocycles. The Bertz CT molecular complexity index is 742. The Kier molecular flexibility index (Phi) is 4.59. The molecular weight excluding hydrogens is 308 g/mol.